The van der Waals surface area contributed by atoms with Gasteiger partial charge in [-0.2, -0.15) is 0 Å². The number of aliphatic imine (C=N–C) groups is 1. The van der Waals surface area contributed by atoms with Crippen LogP contribution in [0, 0.1) is 5.82 Å². The molecular formula is C20H32FN3O2. The molecule has 1 saturated carbocycles. The number of ether oxygens (including phenoxy) is 2. The fourth-order valence-electron chi connectivity index (χ4n) is 3.21. The van der Waals surface area contributed by atoms with Gasteiger partial charge in [-0.15, -0.1) is 0 Å². The standard InChI is InChI=1S/C20H32FN3O2/c1-22-20(23-11-12-26-18-7-5-3-4-6-8-18)24-14-16-9-10-19(21)17(13-16)15-25-2/h9-10,13,18H,3-8,11-12,14-15H2,1-2H3,(H2,22,23,24). The van der Waals surface area contributed by atoms with Crippen molar-refractivity contribution in [2.75, 3.05) is 27.3 Å². The van der Waals surface area contributed by atoms with Gasteiger partial charge in [-0.1, -0.05) is 31.7 Å². The van der Waals surface area contributed by atoms with E-state index in [-0.39, 0.29) is 12.4 Å². The Morgan fingerprint density at radius 2 is 1.96 bits per heavy atom. The first-order chi connectivity index (χ1) is 12.7. The van der Waals surface area contributed by atoms with Gasteiger partial charge in [0.05, 0.1) is 19.3 Å². The van der Waals surface area contributed by atoms with Crippen molar-refractivity contribution in [2.45, 2.75) is 57.8 Å². The highest BCUT2D eigenvalue weighted by molar-refractivity contribution is 5.79. The molecule has 0 spiro atoms. The van der Waals surface area contributed by atoms with Gasteiger partial charge in [-0.25, -0.2) is 4.39 Å². The Labute approximate surface area is 156 Å². The zero-order valence-electron chi connectivity index (χ0n) is 16.0. The molecule has 0 aromatic heterocycles. The highest BCUT2D eigenvalue weighted by Crippen LogP contribution is 2.19. The summed E-state index contributed by atoms with van der Waals surface area (Å²) in [6.45, 7) is 2.24. The largest absolute Gasteiger partial charge is 0.380 e. The molecule has 0 atom stereocenters. The van der Waals surface area contributed by atoms with Gasteiger partial charge < -0.3 is 20.1 Å². The Balaban J connectivity index is 1.69. The van der Waals surface area contributed by atoms with E-state index in [1.165, 1.54) is 44.6 Å². The SMILES string of the molecule is CN=C(NCCOC1CCCCCC1)NCc1ccc(F)c(COC)c1. The first-order valence-corrected chi connectivity index (χ1v) is 9.55. The van der Waals surface area contributed by atoms with E-state index in [4.69, 9.17) is 9.47 Å². The van der Waals surface area contributed by atoms with Crippen LogP contribution in [-0.2, 0) is 22.6 Å². The summed E-state index contributed by atoms with van der Waals surface area (Å²) < 4.78 is 24.7. The highest BCUT2D eigenvalue weighted by Gasteiger charge is 2.12. The molecule has 0 amide bonds. The van der Waals surface area contributed by atoms with Gasteiger partial charge in [0.15, 0.2) is 5.96 Å². The van der Waals surface area contributed by atoms with Crippen molar-refractivity contribution in [3.8, 4) is 0 Å². The van der Waals surface area contributed by atoms with Gasteiger partial charge >= 0.3 is 0 Å². The lowest BCUT2D eigenvalue weighted by Gasteiger charge is -2.17. The van der Waals surface area contributed by atoms with Crippen molar-refractivity contribution in [1.82, 2.24) is 10.6 Å². The Hall–Kier alpha value is -1.66. The van der Waals surface area contributed by atoms with Crippen molar-refractivity contribution in [3.63, 3.8) is 0 Å². The molecule has 0 bridgehead atoms. The van der Waals surface area contributed by atoms with Crippen molar-refractivity contribution in [3.05, 3.63) is 35.1 Å². The summed E-state index contributed by atoms with van der Waals surface area (Å²) in [4.78, 5) is 4.22. The summed E-state index contributed by atoms with van der Waals surface area (Å²) in [5, 5.41) is 6.50. The summed E-state index contributed by atoms with van der Waals surface area (Å²) in [5.74, 6) is 0.473. The van der Waals surface area contributed by atoms with Gasteiger partial charge in [-0.05, 0) is 30.5 Å². The number of guanidine groups is 1. The first-order valence-electron chi connectivity index (χ1n) is 9.55. The van der Waals surface area contributed by atoms with Crippen LogP contribution in [0.4, 0.5) is 4.39 Å². The number of halogens is 1. The summed E-state index contributed by atoms with van der Waals surface area (Å²) in [5.41, 5.74) is 1.54. The topological polar surface area (TPSA) is 54.9 Å². The molecule has 0 aliphatic heterocycles. The number of nitrogens with zero attached hydrogens (tertiary/aromatic N) is 1. The maximum Gasteiger partial charge on any atom is 0.191 e. The van der Waals surface area contributed by atoms with Crippen LogP contribution in [0.15, 0.2) is 23.2 Å². The van der Waals surface area contributed by atoms with Gasteiger partial charge in [0, 0.05) is 32.8 Å². The van der Waals surface area contributed by atoms with Crippen molar-refractivity contribution >= 4 is 5.96 Å². The van der Waals surface area contributed by atoms with E-state index >= 15 is 0 Å². The van der Waals surface area contributed by atoms with Crippen LogP contribution in [0.3, 0.4) is 0 Å². The van der Waals surface area contributed by atoms with Crippen LogP contribution in [0.25, 0.3) is 0 Å². The molecule has 2 rings (SSSR count). The number of hydrogen-bond acceptors (Lipinski definition) is 3. The Kier molecular flexibility index (Phi) is 9.42. The minimum atomic E-state index is -0.242. The van der Waals surface area contributed by atoms with Crippen molar-refractivity contribution in [1.29, 1.82) is 0 Å². The van der Waals surface area contributed by atoms with E-state index in [1.54, 1.807) is 20.2 Å². The van der Waals surface area contributed by atoms with Crippen molar-refractivity contribution < 1.29 is 13.9 Å². The van der Waals surface area contributed by atoms with E-state index in [0.717, 1.165) is 5.56 Å². The molecule has 0 radical (unpaired) electrons. The van der Waals surface area contributed by atoms with Gasteiger partial charge in [0.1, 0.15) is 5.82 Å². The third-order valence-corrected chi connectivity index (χ3v) is 4.64. The summed E-state index contributed by atoms with van der Waals surface area (Å²) >= 11 is 0. The molecule has 1 aliphatic carbocycles. The van der Waals surface area contributed by atoms with E-state index in [9.17, 15) is 4.39 Å². The monoisotopic (exact) mass is 365 g/mol. The lowest BCUT2D eigenvalue weighted by molar-refractivity contribution is 0.0468. The summed E-state index contributed by atoms with van der Waals surface area (Å²) in [7, 11) is 3.30. The van der Waals surface area contributed by atoms with E-state index in [0.29, 0.717) is 37.3 Å². The molecule has 0 saturated heterocycles. The Bertz CT molecular complexity index is 558. The van der Waals surface area contributed by atoms with Crippen LogP contribution >= 0.6 is 0 Å². The minimum Gasteiger partial charge on any atom is -0.380 e. The Morgan fingerprint density at radius 1 is 1.19 bits per heavy atom. The first kappa shape index (κ1) is 20.6. The number of rotatable bonds is 8. The van der Waals surface area contributed by atoms with Crippen LogP contribution in [-0.4, -0.2) is 39.4 Å². The zero-order valence-corrected chi connectivity index (χ0v) is 16.0. The fraction of sp³-hybridized carbons (Fsp3) is 0.650. The normalized spacial score (nSPS) is 16.3. The average Bonchev–Trinajstić information content (AvgIpc) is 2.92. The molecule has 26 heavy (non-hydrogen) atoms. The molecule has 0 unspecified atom stereocenters. The summed E-state index contributed by atoms with van der Waals surface area (Å²) in [6, 6.07) is 5.06. The second kappa shape index (κ2) is 11.9. The lowest BCUT2D eigenvalue weighted by atomic mass is 10.1. The molecule has 1 aromatic rings. The number of nitrogens with one attached hydrogen (secondary N) is 2. The Morgan fingerprint density at radius 3 is 2.65 bits per heavy atom. The van der Waals surface area contributed by atoms with Crippen LogP contribution < -0.4 is 10.6 Å². The predicted molar refractivity (Wildman–Crippen MR) is 103 cm³/mol. The molecule has 0 heterocycles. The second-order valence-corrected chi connectivity index (χ2v) is 6.70. The predicted octanol–water partition coefficient (Wildman–Crippen LogP) is 3.38. The lowest BCUT2D eigenvalue weighted by Crippen LogP contribution is -2.39. The maximum atomic E-state index is 13.7. The third kappa shape index (κ3) is 7.30. The quantitative estimate of drug-likeness (QED) is 0.321. The van der Waals surface area contributed by atoms with E-state index < -0.39 is 0 Å². The minimum absolute atomic E-state index is 0.242. The van der Waals surface area contributed by atoms with E-state index in [2.05, 4.69) is 15.6 Å². The van der Waals surface area contributed by atoms with Crippen LogP contribution in [0.1, 0.15) is 49.7 Å². The number of methoxy groups -OCH3 is 1. The molecule has 146 valence electrons. The van der Waals surface area contributed by atoms with Gasteiger partial charge in [0.25, 0.3) is 0 Å². The summed E-state index contributed by atoms with van der Waals surface area (Å²) in [6.07, 6.45) is 8.01. The number of hydrogen-bond donors (Lipinski definition) is 2. The molecule has 2 N–H and O–H groups in total. The highest BCUT2D eigenvalue weighted by atomic mass is 19.1. The van der Waals surface area contributed by atoms with Gasteiger partial charge in [0.2, 0.25) is 0 Å². The number of benzene rings is 1. The van der Waals surface area contributed by atoms with Crippen LogP contribution in [0.2, 0.25) is 0 Å². The molecule has 1 aromatic carbocycles. The van der Waals surface area contributed by atoms with Gasteiger partial charge in [-0.3, -0.25) is 4.99 Å². The third-order valence-electron chi connectivity index (χ3n) is 4.64. The van der Waals surface area contributed by atoms with Crippen LogP contribution in [0.5, 0.6) is 0 Å². The molecule has 6 heteroatoms. The molecular weight excluding hydrogens is 333 g/mol. The average molecular weight is 365 g/mol. The zero-order chi connectivity index (χ0) is 18.6. The maximum absolute atomic E-state index is 13.7. The molecule has 5 nitrogen and oxygen atoms in total. The van der Waals surface area contributed by atoms with Crippen molar-refractivity contribution in [2.24, 2.45) is 4.99 Å². The second-order valence-electron chi connectivity index (χ2n) is 6.70. The fourth-order valence-corrected chi connectivity index (χ4v) is 3.21. The smallest absolute Gasteiger partial charge is 0.191 e. The molecule has 1 fully saturated rings. The van der Waals surface area contributed by atoms with E-state index in [1.807, 2.05) is 6.07 Å². The molecule has 1 aliphatic rings.